The van der Waals surface area contributed by atoms with E-state index in [-0.39, 0.29) is 17.4 Å². The molecule has 0 heterocycles. The minimum atomic E-state index is -3.82. The van der Waals surface area contributed by atoms with Gasteiger partial charge in [-0.25, -0.2) is 21.9 Å². The van der Waals surface area contributed by atoms with E-state index in [1.807, 2.05) is 27.7 Å². The molecule has 6 heteroatoms. The Morgan fingerprint density at radius 1 is 1.05 bits per heavy atom. The second-order valence-corrected chi connectivity index (χ2v) is 7.35. The van der Waals surface area contributed by atoms with Gasteiger partial charge < -0.3 is 0 Å². The Kier molecular flexibility index (Phi) is 5.65. The monoisotopic (exact) mass is 305 g/mol. The molecule has 0 aliphatic rings. The van der Waals surface area contributed by atoms with Gasteiger partial charge in [0, 0.05) is 6.54 Å². The summed E-state index contributed by atoms with van der Waals surface area (Å²) in [4.78, 5) is -0.261. The third-order valence-electron chi connectivity index (χ3n) is 3.42. The van der Waals surface area contributed by atoms with Gasteiger partial charge in [-0.3, -0.25) is 0 Å². The molecule has 0 unspecified atom stereocenters. The molecule has 0 fully saturated rings. The Morgan fingerprint density at radius 2 is 1.60 bits per heavy atom. The Balaban J connectivity index is 2.87. The highest BCUT2D eigenvalue weighted by Crippen LogP contribution is 2.21. The summed E-state index contributed by atoms with van der Waals surface area (Å²) in [6.45, 7) is 8.37. The van der Waals surface area contributed by atoms with Crippen molar-refractivity contribution >= 4 is 10.0 Å². The van der Waals surface area contributed by atoms with Crippen LogP contribution in [-0.2, 0) is 10.0 Å². The van der Waals surface area contributed by atoms with Crippen LogP contribution in [0.2, 0.25) is 0 Å². The first-order chi connectivity index (χ1) is 9.15. The summed E-state index contributed by atoms with van der Waals surface area (Å²) < 4.78 is 52.5. The van der Waals surface area contributed by atoms with E-state index >= 15 is 0 Å². The van der Waals surface area contributed by atoms with Gasteiger partial charge in [0.15, 0.2) is 11.6 Å². The van der Waals surface area contributed by atoms with Crippen LogP contribution in [0.1, 0.15) is 27.7 Å². The lowest BCUT2D eigenvalue weighted by Crippen LogP contribution is -2.34. The maximum absolute atomic E-state index is 13.1. The number of hydrogen-bond donors (Lipinski definition) is 1. The molecule has 1 aromatic rings. The second-order valence-electron chi connectivity index (χ2n) is 5.58. The molecule has 0 atom stereocenters. The van der Waals surface area contributed by atoms with Gasteiger partial charge in [-0.1, -0.05) is 27.7 Å². The first kappa shape index (κ1) is 17.0. The Bertz CT molecular complexity index is 548. The van der Waals surface area contributed by atoms with E-state index in [9.17, 15) is 17.2 Å². The molecule has 0 saturated heterocycles. The van der Waals surface area contributed by atoms with Crippen LogP contribution < -0.4 is 4.72 Å². The third-order valence-corrected chi connectivity index (χ3v) is 4.84. The van der Waals surface area contributed by atoms with E-state index in [1.54, 1.807) is 0 Å². The minimum absolute atomic E-state index is 0.176. The van der Waals surface area contributed by atoms with Gasteiger partial charge in [-0.2, -0.15) is 0 Å². The van der Waals surface area contributed by atoms with E-state index in [1.165, 1.54) is 0 Å². The van der Waals surface area contributed by atoms with Gasteiger partial charge in [-0.05, 0) is 36.0 Å². The maximum atomic E-state index is 13.1. The summed E-state index contributed by atoms with van der Waals surface area (Å²) in [5, 5.41) is 0. The van der Waals surface area contributed by atoms with Crippen molar-refractivity contribution in [2.24, 2.45) is 17.8 Å². The highest BCUT2D eigenvalue weighted by atomic mass is 32.2. The Labute approximate surface area is 119 Å². The van der Waals surface area contributed by atoms with Crippen molar-refractivity contribution in [1.82, 2.24) is 4.72 Å². The molecule has 3 nitrogen and oxygen atoms in total. The number of sulfonamides is 1. The summed E-state index contributed by atoms with van der Waals surface area (Å²) in [6.07, 6.45) is 0. The average molecular weight is 305 g/mol. The lowest BCUT2D eigenvalue weighted by Gasteiger charge is -2.25. The van der Waals surface area contributed by atoms with Gasteiger partial charge in [-0.15, -0.1) is 0 Å². The Morgan fingerprint density at radius 3 is 2.05 bits per heavy atom. The first-order valence-corrected chi connectivity index (χ1v) is 8.08. The number of benzene rings is 1. The molecule has 0 radical (unpaired) electrons. The van der Waals surface area contributed by atoms with Crippen LogP contribution in [-0.4, -0.2) is 15.0 Å². The molecule has 1 rings (SSSR count). The normalized spacial score (nSPS) is 12.7. The highest BCUT2D eigenvalue weighted by Gasteiger charge is 2.22. The fraction of sp³-hybridized carbons (Fsp3) is 0.571. The molecular formula is C14H21F2NO2S. The maximum Gasteiger partial charge on any atom is 0.240 e. The quantitative estimate of drug-likeness (QED) is 0.877. The summed E-state index contributed by atoms with van der Waals surface area (Å²) >= 11 is 0. The third kappa shape index (κ3) is 4.24. The minimum Gasteiger partial charge on any atom is -0.211 e. The van der Waals surface area contributed by atoms with Crippen LogP contribution in [0.3, 0.4) is 0 Å². The highest BCUT2D eigenvalue weighted by molar-refractivity contribution is 7.89. The van der Waals surface area contributed by atoms with Crippen LogP contribution in [0, 0.1) is 29.4 Å². The van der Waals surface area contributed by atoms with E-state index in [0.717, 1.165) is 12.1 Å². The number of nitrogens with one attached hydrogen (secondary N) is 1. The van der Waals surface area contributed by atoms with Crippen LogP contribution in [0.4, 0.5) is 8.78 Å². The van der Waals surface area contributed by atoms with Crippen LogP contribution in [0.5, 0.6) is 0 Å². The molecule has 20 heavy (non-hydrogen) atoms. The molecule has 0 bridgehead atoms. The van der Waals surface area contributed by atoms with E-state index in [0.29, 0.717) is 17.9 Å². The SMILES string of the molecule is CC(C)C(CNS(=O)(=O)c1ccc(F)c(F)c1)C(C)C. The molecule has 0 aromatic heterocycles. The van der Waals surface area contributed by atoms with Crippen molar-refractivity contribution in [3.63, 3.8) is 0 Å². The van der Waals surface area contributed by atoms with E-state index < -0.39 is 21.7 Å². The van der Waals surface area contributed by atoms with Gasteiger partial charge in [0.1, 0.15) is 0 Å². The molecule has 0 aliphatic heterocycles. The van der Waals surface area contributed by atoms with Crippen molar-refractivity contribution in [3.8, 4) is 0 Å². The molecule has 1 N–H and O–H groups in total. The number of halogens is 2. The standard InChI is InChI=1S/C14H21F2NO2S/c1-9(2)12(10(3)4)8-17-20(18,19)11-5-6-13(15)14(16)7-11/h5-7,9-10,12,17H,8H2,1-4H3. The predicted octanol–water partition coefficient (Wildman–Crippen LogP) is 3.17. The summed E-state index contributed by atoms with van der Waals surface area (Å²) in [6, 6.07) is 2.56. The fourth-order valence-electron chi connectivity index (χ4n) is 2.17. The second kappa shape index (κ2) is 6.63. The molecular weight excluding hydrogens is 284 g/mol. The lowest BCUT2D eigenvalue weighted by atomic mass is 9.86. The smallest absolute Gasteiger partial charge is 0.211 e. The van der Waals surface area contributed by atoms with Gasteiger partial charge >= 0.3 is 0 Å². The zero-order chi connectivity index (χ0) is 15.5. The topological polar surface area (TPSA) is 46.2 Å². The van der Waals surface area contributed by atoms with Crippen LogP contribution >= 0.6 is 0 Å². The molecule has 114 valence electrons. The van der Waals surface area contributed by atoms with Gasteiger partial charge in [0.25, 0.3) is 0 Å². The van der Waals surface area contributed by atoms with E-state index in [2.05, 4.69) is 4.72 Å². The zero-order valence-electron chi connectivity index (χ0n) is 12.2. The van der Waals surface area contributed by atoms with E-state index in [4.69, 9.17) is 0 Å². The molecule has 0 spiro atoms. The molecule has 1 aromatic carbocycles. The van der Waals surface area contributed by atoms with Crippen LogP contribution in [0.15, 0.2) is 23.1 Å². The van der Waals surface area contributed by atoms with Crippen molar-refractivity contribution in [1.29, 1.82) is 0 Å². The van der Waals surface area contributed by atoms with Gasteiger partial charge in [0.05, 0.1) is 4.90 Å². The summed E-state index contributed by atoms with van der Waals surface area (Å²) in [7, 11) is -3.82. The van der Waals surface area contributed by atoms with Gasteiger partial charge in [0.2, 0.25) is 10.0 Å². The first-order valence-electron chi connectivity index (χ1n) is 6.60. The number of hydrogen-bond acceptors (Lipinski definition) is 2. The Hall–Kier alpha value is -1.01. The zero-order valence-corrected chi connectivity index (χ0v) is 13.0. The fourth-order valence-corrected chi connectivity index (χ4v) is 3.26. The molecule has 0 saturated carbocycles. The van der Waals surface area contributed by atoms with Crippen molar-refractivity contribution in [2.75, 3.05) is 6.54 Å². The number of rotatable bonds is 6. The average Bonchev–Trinajstić information content (AvgIpc) is 2.31. The molecule has 0 amide bonds. The lowest BCUT2D eigenvalue weighted by molar-refractivity contribution is 0.289. The summed E-state index contributed by atoms with van der Waals surface area (Å²) in [5.74, 6) is -1.41. The van der Waals surface area contributed by atoms with Crippen LogP contribution in [0.25, 0.3) is 0 Å². The van der Waals surface area contributed by atoms with Crippen molar-refractivity contribution < 1.29 is 17.2 Å². The van der Waals surface area contributed by atoms with Crippen molar-refractivity contribution in [3.05, 3.63) is 29.8 Å². The predicted molar refractivity (Wildman–Crippen MR) is 74.7 cm³/mol. The van der Waals surface area contributed by atoms with Crippen molar-refractivity contribution in [2.45, 2.75) is 32.6 Å². The molecule has 0 aliphatic carbocycles. The largest absolute Gasteiger partial charge is 0.240 e. The summed E-state index contributed by atoms with van der Waals surface area (Å²) in [5.41, 5.74) is 0.